The van der Waals surface area contributed by atoms with Gasteiger partial charge >= 0.3 is 6.03 Å². The number of benzene rings is 1. The molecule has 1 unspecified atom stereocenters. The zero-order chi connectivity index (χ0) is 24.1. The number of piperidine rings is 1. The van der Waals surface area contributed by atoms with Gasteiger partial charge in [0, 0.05) is 31.9 Å². The topological polar surface area (TPSA) is 80.8 Å². The number of hydrogen-bond acceptors (Lipinski definition) is 5. The molecule has 8 heteroatoms. The van der Waals surface area contributed by atoms with Crippen LogP contribution in [0, 0.1) is 6.92 Å². The molecule has 3 heterocycles. The number of aryl methyl sites for hydroxylation is 1. The molecule has 1 aromatic carbocycles. The second kappa shape index (κ2) is 11.0. The molecule has 3 amide bonds. The molecule has 2 N–H and O–H groups in total. The molecule has 2 aliphatic heterocycles. The van der Waals surface area contributed by atoms with E-state index in [0.717, 1.165) is 38.3 Å². The fourth-order valence-corrected chi connectivity index (χ4v) is 4.93. The smallest absolute Gasteiger partial charge is 0.327 e. The van der Waals surface area contributed by atoms with Crippen molar-refractivity contribution in [2.75, 3.05) is 49.5 Å². The third-order valence-corrected chi connectivity index (χ3v) is 6.88. The molecule has 182 valence electrons. The highest BCUT2D eigenvalue weighted by atomic mass is 16.2. The van der Waals surface area contributed by atoms with Crippen molar-refractivity contribution < 1.29 is 9.59 Å². The van der Waals surface area contributed by atoms with Gasteiger partial charge in [0.25, 0.3) is 5.91 Å². The summed E-state index contributed by atoms with van der Waals surface area (Å²) in [5.74, 6) is 0.183. The molecular weight excluding hydrogens is 428 g/mol. The molecule has 2 aromatic rings. The number of carbonyl (C=O) groups excluding carboxylic acids is 2. The molecule has 0 radical (unpaired) electrons. The molecule has 4 rings (SSSR count). The van der Waals surface area contributed by atoms with E-state index in [-0.39, 0.29) is 11.9 Å². The monoisotopic (exact) mass is 464 g/mol. The molecule has 1 atom stereocenters. The number of carbonyl (C=O) groups is 2. The Morgan fingerprint density at radius 2 is 2.06 bits per heavy atom. The fraction of sp³-hybridized carbons (Fsp3) is 0.500. The lowest BCUT2D eigenvalue weighted by Gasteiger charge is -2.38. The maximum absolute atomic E-state index is 13.5. The molecule has 0 saturated carbocycles. The van der Waals surface area contributed by atoms with Gasteiger partial charge in [0.1, 0.15) is 0 Å². The molecule has 0 bridgehead atoms. The summed E-state index contributed by atoms with van der Waals surface area (Å²) in [5.41, 5.74) is 2.49. The van der Waals surface area contributed by atoms with Crippen molar-refractivity contribution >= 4 is 29.1 Å². The Kier molecular flexibility index (Phi) is 7.80. The maximum atomic E-state index is 13.5. The minimum Gasteiger partial charge on any atom is -0.336 e. The summed E-state index contributed by atoms with van der Waals surface area (Å²) in [7, 11) is 0. The van der Waals surface area contributed by atoms with E-state index >= 15 is 0 Å². The lowest BCUT2D eigenvalue weighted by atomic mass is 10.0. The number of anilines is 3. The number of likely N-dealkylation sites (N-methyl/N-ethyl adjacent to an activating group) is 1. The Morgan fingerprint density at radius 3 is 2.85 bits per heavy atom. The molecule has 0 aliphatic carbocycles. The van der Waals surface area contributed by atoms with Gasteiger partial charge in [-0.15, -0.1) is 0 Å². The summed E-state index contributed by atoms with van der Waals surface area (Å²) in [6, 6.07) is 9.27. The summed E-state index contributed by atoms with van der Waals surface area (Å²) in [6.45, 7) is 12.0. The van der Waals surface area contributed by atoms with Crippen molar-refractivity contribution in [2.24, 2.45) is 0 Å². The number of nitrogens with zero attached hydrogens (tertiary/aromatic N) is 4. The number of hydrogen-bond donors (Lipinski definition) is 2. The van der Waals surface area contributed by atoms with E-state index in [0.29, 0.717) is 35.3 Å². The van der Waals surface area contributed by atoms with Crippen LogP contribution in [0.3, 0.4) is 0 Å². The van der Waals surface area contributed by atoms with Gasteiger partial charge in [0.05, 0.1) is 16.9 Å². The number of nitrogens with one attached hydrogen (secondary N) is 2. The van der Waals surface area contributed by atoms with Gasteiger partial charge in [0.2, 0.25) is 0 Å². The summed E-state index contributed by atoms with van der Waals surface area (Å²) in [5, 5.41) is 5.99. The molecule has 1 aromatic heterocycles. The first kappa shape index (κ1) is 24.2. The van der Waals surface area contributed by atoms with Crippen molar-refractivity contribution in [1.29, 1.82) is 0 Å². The van der Waals surface area contributed by atoms with E-state index in [1.54, 1.807) is 24.4 Å². The molecule has 2 aliphatic rings. The largest absolute Gasteiger partial charge is 0.336 e. The van der Waals surface area contributed by atoms with E-state index in [1.807, 2.05) is 19.1 Å². The summed E-state index contributed by atoms with van der Waals surface area (Å²) in [4.78, 5) is 37.3. The van der Waals surface area contributed by atoms with Crippen LogP contribution in [0.1, 0.15) is 49.0 Å². The first-order valence-electron chi connectivity index (χ1n) is 12.4. The van der Waals surface area contributed by atoms with Crippen LogP contribution in [-0.4, -0.2) is 72.0 Å². The zero-order valence-electron chi connectivity index (χ0n) is 20.5. The van der Waals surface area contributed by atoms with Gasteiger partial charge in [-0.25, -0.2) is 14.7 Å². The van der Waals surface area contributed by atoms with E-state index in [1.165, 1.54) is 24.2 Å². The molecule has 1 saturated heterocycles. The second-order valence-corrected chi connectivity index (χ2v) is 9.09. The van der Waals surface area contributed by atoms with Crippen molar-refractivity contribution in [1.82, 2.24) is 20.1 Å². The van der Waals surface area contributed by atoms with E-state index < -0.39 is 0 Å². The molecule has 8 nitrogen and oxygen atoms in total. The Labute approximate surface area is 202 Å². The average Bonchev–Trinajstić information content (AvgIpc) is 2.96. The number of rotatable bonds is 7. The van der Waals surface area contributed by atoms with E-state index in [4.69, 9.17) is 0 Å². The summed E-state index contributed by atoms with van der Waals surface area (Å²) >= 11 is 0. The molecular formula is C26H36N6O2. The Morgan fingerprint density at radius 1 is 1.24 bits per heavy atom. The lowest BCUT2D eigenvalue weighted by molar-refractivity contribution is 0.102. The zero-order valence-corrected chi connectivity index (χ0v) is 20.5. The van der Waals surface area contributed by atoms with Crippen LogP contribution in [-0.2, 0) is 0 Å². The SMILES string of the molecule is CCN(CC)CC1CCCCN1CCNC(=O)N1c2cc(C)ccc2C(=O)Nc2cccnc21. The van der Waals surface area contributed by atoms with Crippen molar-refractivity contribution in [3.05, 3.63) is 47.7 Å². The van der Waals surface area contributed by atoms with Crippen LogP contribution in [0.25, 0.3) is 0 Å². The van der Waals surface area contributed by atoms with Crippen LogP contribution in [0.4, 0.5) is 22.0 Å². The number of urea groups is 1. The molecule has 1 fully saturated rings. The number of likely N-dealkylation sites (tertiary alicyclic amines) is 1. The van der Waals surface area contributed by atoms with Crippen LogP contribution in [0.2, 0.25) is 0 Å². The predicted molar refractivity (Wildman–Crippen MR) is 136 cm³/mol. The third-order valence-electron chi connectivity index (χ3n) is 6.88. The minimum absolute atomic E-state index is 0.243. The number of amides is 3. The van der Waals surface area contributed by atoms with Gasteiger partial charge in [-0.1, -0.05) is 26.3 Å². The van der Waals surface area contributed by atoms with Gasteiger partial charge in [-0.2, -0.15) is 0 Å². The Balaban J connectivity index is 1.50. The van der Waals surface area contributed by atoms with Crippen molar-refractivity contribution in [3.63, 3.8) is 0 Å². The van der Waals surface area contributed by atoms with Gasteiger partial charge < -0.3 is 15.5 Å². The highest BCUT2D eigenvalue weighted by Crippen LogP contribution is 2.36. The minimum atomic E-state index is -0.277. The first-order chi connectivity index (χ1) is 16.5. The normalized spacial score (nSPS) is 18.2. The fourth-order valence-electron chi connectivity index (χ4n) is 4.93. The van der Waals surface area contributed by atoms with E-state index in [2.05, 4.69) is 39.3 Å². The Bertz CT molecular complexity index is 1020. The van der Waals surface area contributed by atoms with Crippen LogP contribution in [0.5, 0.6) is 0 Å². The van der Waals surface area contributed by atoms with Crippen LogP contribution in [0.15, 0.2) is 36.5 Å². The van der Waals surface area contributed by atoms with Crippen LogP contribution >= 0.6 is 0 Å². The Hall–Kier alpha value is -2.97. The first-order valence-corrected chi connectivity index (χ1v) is 12.4. The third kappa shape index (κ3) is 5.23. The number of fused-ring (bicyclic) bond motifs is 2. The van der Waals surface area contributed by atoms with Crippen LogP contribution < -0.4 is 15.5 Å². The number of aromatic nitrogens is 1. The summed E-state index contributed by atoms with van der Waals surface area (Å²) < 4.78 is 0. The highest BCUT2D eigenvalue weighted by Gasteiger charge is 2.31. The average molecular weight is 465 g/mol. The number of pyridine rings is 1. The highest BCUT2D eigenvalue weighted by molar-refractivity contribution is 6.16. The quantitative estimate of drug-likeness (QED) is 0.647. The van der Waals surface area contributed by atoms with Gasteiger partial charge in [-0.05, 0) is 69.2 Å². The van der Waals surface area contributed by atoms with Crippen molar-refractivity contribution in [2.45, 2.75) is 46.1 Å². The van der Waals surface area contributed by atoms with Gasteiger partial charge in [0.15, 0.2) is 5.82 Å². The van der Waals surface area contributed by atoms with Crippen molar-refractivity contribution in [3.8, 4) is 0 Å². The lowest BCUT2D eigenvalue weighted by Crippen LogP contribution is -2.50. The summed E-state index contributed by atoms with van der Waals surface area (Å²) in [6.07, 6.45) is 5.31. The standard InChI is InChI=1S/C26H36N6O2/c1-4-30(5-2)18-20-9-6-7-15-31(20)16-14-28-26(34)32-23-17-19(3)11-12-21(23)25(33)29-22-10-8-13-27-24(22)32/h8,10-13,17,20H,4-7,9,14-16,18H2,1-3H3,(H,28,34)(H,29,33). The molecule has 0 spiro atoms. The molecule has 34 heavy (non-hydrogen) atoms. The van der Waals surface area contributed by atoms with Gasteiger partial charge in [-0.3, -0.25) is 9.69 Å². The maximum Gasteiger partial charge on any atom is 0.327 e. The van der Waals surface area contributed by atoms with E-state index in [9.17, 15) is 9.59 Å². The predicted octanol–water partition coefficient (Wildman–Crippen LogP) is 4.00. The second-order valence-electron chi connectivity index (χ2n) is 9.09.